The summed E-state index contributed by atoms with van der Waals surface area (Å²) in [6.07, 6.45) is -2.03. The van der Waals surface area contributed by atoms with Crippen LogP contribution in [0.4, 0.5) is 25.4 Å². The molecule has 1 unspecified atom stereocenters. The number of urea groups is 1. The van der Waals surface area contributed by atoms with E-state index in [-0.39, 0.29) is 35.1 Å². The van der Waals surface area contributed by atoms with Crippen LogP contribution >= 0.6 is 0 Å². The molecule has 0 fully saturated rings. The molecule has 1 aliphatic rings. The smallest absolute Gasteiger partial charge is 0.409 e. The molecule has 10 nitrogen and oxygen atoms in total. The second-order valence-corrected chi connectivity index (χ2v) is 8.16. The van der Waals surface area contributed by atoms with E-state index in [1.165, 1.54) is 25.2 Å². The molecule has 0 radical (unpaired) electrons. The molecule has 0 spiro atoms. The van der Waals surface area contributed by atoms with Gasteiger partial charge in [0.2, 0.25) is 0 Å². The highest BCUT2D eigenvalue weighted by atomic mass is 32.2. The minimum Gasteiger partial charge on any atom is -0.484 e. The molecular weight excluding hydrogens is 419 g/mol. The third kappa shape index (κ3) is 4.54. The zero-order valence-corrected chi connectivity index (χ0v) is 16.6. The topological polar surface area (TPSA) is 137 Å². The van der Waals surface area contributed by atoms with Crippen LogP contribution in [0.5, 0.6) is 5.75 Å². The number of hydrogen-bond acceptors (Lipinski definition) is 5. The molecule has 0 aromatic heterocycles. The van der Waals surface area contributed by atoms with Gasteiger partial charge in [0, 0.05) is 12.7 Å². The highest BCUT2D eigenvalue weighted by Crippen LogP contribution is 2.38. The highest BCUT2D eigenvalue weighted by molar-refractivity contribution is 7.92. The molecule has 2 aromatic rings. The zero-order chi connectivity index (χ0) is 21.9. The third-order valence-electron chi connectivity index (χ3n) is 4.26. The number of rotatable bonds is 5. The summed E-state index contributed by atoms with van der Waals surface area (Å²) in [4.78, 5) is 22.3. The number of amides is 3. The number of sulfonamides is 1. The normalized spacial score (nSPS) is 15.5. The molecule has 0 saturated carbocycles. The van der Waals surface area contributed by atoms with E-state index < -0.39 is 34.1 Å². The van der Waals surface area contributed by atoms with Gasteiger partial charge in [-0.2, -0.15) is 0 Å². The number of carbonyl (C=O) groups excluding carboxylic acids is 1. The van der Waals surface area contributed by atoms with E-state index in [1.54, 1.807) is 0 Å². The van der Waals surface area contributed by atoms with Gasteiger partial charge in [-0.05, 0) is 42.5 Å². The number of nitrogens with one attached hydrogen (secondary N) is 3. The number of hydrogen-bond donors (Lipinski definition) is 4. The van der Waals surface area contributed by atoms with Crippen LogP contribution in [0.3, 0.4) is 0 Å². The maximum Gasteiger partial charge on any atom is 0.409 e. The monoisotopic (exact) mass is 438 g/mol. The first-order valence-corrected chi connectivity index (χ1v) is 10.2. The van der Waals surface area contributed by atoms with Crippen LogP contribution in [-0.2, 0) is 10.0 Å². The van der Waals surface area contributed by atoms with Gasteiger partial charge in [-0.1, -0.05) is 0 Å². The lowest BCUT2D eigenvalue weighted by Gasteiger charge is -2.35. The van der Waals surface area contributed by atoms with E-state index in [0.29, 0.717) is 0 Å². The zero-order valence-electron chi connectivity index (χ0n) is 15.8. The van der Waals surface area contributed by atoms with Crippen LogP contribution in [0.1, 0.15) is 0 Å². The van der Waals surface area contributed by atoms with E-state index in [9.17, 15) is 22.4 Å². The van der Waals surface area contributed by atoms with Crippen molar-refractivity contribution in [2.24, 2.45) is 0 Å². The van der Waals surface area contributed by atoms with Crippen molar-refractivity contribution in [1.29, 1.82) is 0 Å². The number of ether oxygens (including phenoxy) is 1. The summed E-state index contributed by atoms with van der Waals surface area (Å²) < 4.78 is 46.6. The van der Waals surface area contributed by atoms with E-state index in [4.69, 9.17) is 9.84 Å². The lowest BCUT2D eigenvalue weighted by molar-refractivity contribution is 0.192. The summed E-state index contributed by atoms with van der Waals surface area (Å²) in [7, 11) is -2.69. The molecule has 3 rings (SSSR count). The molecule has 30 heavy (non-hydrogen) atoms. The molecule has 12 heteroatoms. The number of anilines is 2. The van der Waals surface area contributed by atoms with Crippen LogP contribution in [0.2, 0.25) is 0 Å². The molecule has 0 saturated heterocycles. The first-order chi connectivity index (χ1) is 14.2. The minimum absolute atomic E-state index is 0.0175. The number of fused-ring (bicyclic) bond motifs is 1. The summed E-state index contributed by atoms with van der Waals surface area (Å²) >= 11 is 0. The second-order valence-electron chi connectivity index (χ2n) is 6.30. The molecule has 4 N–H and O–H groups in total. The first kappa shape index (κ1) is 21.2. The Labute approximate surface area is 171 Å². The van der Waals surface area contributed by atoms with Crippen LogP contribution in [0.25, 0.3) is 0 Å². The van der Waals surface area contributed by atoms with Gasteiger partial charge >= 0.3 is 12.1 Å². The van der Waals surface area contributed by atoms with Crippen LogP contribution in [0.15, 0.2) is 47.4 Å². The fourth-order valence-electron chi connectivity index (χ4n) is 2.88. The fraction of sp³-hybridized carbons (Fsp3) is 0.222. The van der Waals surface area contributed by atoms with Crippen LogP contribution in [0, 0.1) is 5.82 Å². The molecular formula is C18H19FN4O6S. The van der Waals surface area contributed by atoms with Crippen molar-refractivity contribution in [2.45, 2.75) is 11.0 Å². The highest BCUT2D eigenvalue weighted by Gasteiger charge is 2.35. The van der Waals surface area contributed by atoms with Gasteiger partial charge in [0.05, 0.1) is 23.7 Å². The Bertz CT molecular complexity index is 1060. The van der Waals surface area contributed by atoms with E-state index in [2.05, 4.69) is 16.0 Å². The predicted octanol–water partition coefficient (Wildman–Crippen LogP) is 1.80. The molecule has 0 bridgehead atoms. The van der Waals surface area contributed by atoms with Crippen molar-refractivity contribution >= 4 is 33.5 Å². The van der Waals surface area contributed by atoms with Crippen molar-refractivity contribution < 1.29 is 32.2 Å². The van der Waals surface area contributed by atoms with Crippen LogP contribution < -0.4 is 25.0 Å². The van der Waals surface area contributed by atoms with Gasteiger partial charge in [-0.25, -0.2) is 22.4 Å². The molecule has 1 heterocycles. The molecule has 1 aliphatic heterocycles. The van der Waals surface area contributed by atoms with Gasteiger partial charge < -0.3 is 20.5 Å². The van der Waals surface area contributed by atoms with Crippen molar-refractivity contribution in [3.63, 3.8) is 0 Å². The third-order valence-corrected chi connectivity index (χ3v) is 6.05. The Kier molecular flexibility index (Phi) is 5.96. The van der Waals surface area contributed by atoms with E-state index in [1.807, 2.05) is 0 Å². The summed E-state index contributed by atoms with van der Waals surface area (Å²) in [5.74, 6) is -0.400. The van der Waals surface area contributed by atoms with Gasteiger partial charge in [-0.15, -0.1) is 0 Å². The van der Waals surface area contributed by atoms with Crippen molar-refractivity contribution in [3.05, 3.63) is 48.3 Å². The number of halogens is 1. The minimum atomic E-state index is -4.13. The fourth-order valence-corrected chi connectivity index (χ4v) is 4.37. The Morgan fingerprint density at radius 2 is 1.93 bits per heavy atom. The molecule has 3 amide bonds. The lowest BCUT2D eigenvalue weighted by Crippen LogP contribution is -2.49. The number of nitrogens with zero attached hydrogens (tertiary/aromatic N) is 1. The van der Waals surface area contributed by atoms with E-state index in [0.717, 1.165) is 28.6 Å². The summed E-state index contributed by atoms with van der Waals surface area (Å²) in [6, 6.07) is 8.05. The summed E-state index contributed by atoms with van der Waals surface area (Å²) in [5, 5.41) is 16.0. The Morgan fingerprint density at radius 3 is 2.57 bits per heavy atom. The van der Waals surface area contributed by atoms with Gasteiger partial charge in [0.15, 0.2) is 0 Å². The average molecular weight is 438 g/mol. The number of carbonyl (C=O) groups is 2. The Morgan fingerprint density at radius 1 is 1.23 bits per heavy atom. The number of benzene rings is 2. The Hall–Kier alpha value is -3.54. The molecule has 1 atom stereocenters. The van der Waals surface area contributed by atoms with Gasteiger partial charge in [0.1, 0.15) is 17.7 Å². The first-order valence-electron chi connectivity index (χ1n) is 8.75. The molecule has 160 valence electrons. The van der Waals surface area contributed by atoms with Gasteiger partial charge in [0.25, 0.3) is 10.0 Å². The average Bonchev–Trinajstić information content (AvgIpc) is 2.71. The predicted molar refractivity (Wildman–Crippen MR) is 106 cm³/mol. The largest absolute Gasteiger partial charge is 0.484 e. The van der Waals surface area contributed by atoms with Crippen molar-refractivity contribution in [1.82, 2.24) is 10.6 Å². The summed E-state index contributed by atoms with van der Waals surface area (Å²) in [6.45, 7) is -0.142. The van der Waals surface area contributed by atoms with Crippen LogP contribution in [-0.4, -0.2) is 51.9 Å². The molecule has 0 aliphatic carbocycles. The number of carboxylic acid groups (broad SMARTS) is 1. The maximum atomic E-state index is 13.3. The van der Waals surface area contributed by atoms with Crippen molar-refractivity contribution in [2.75, 3.05) is 29.8 Å². The van der Waals surface area contributed by atoms with E-state index >= 15 is 0 Å². The summed E-state index contributed by atoms with van der Waals surface area (Å²) in [5.41, 5.74) is 0.257. The van der Waals surface area contributed by atoms with Crippen molar-refractivity contribution in [3.8, 4) is 5.75 Å². The maximum absolute atomic E-state index is 13.3. The lowest BCUT2D eigenvalue weighted by atomic mass is 10.2. The van der Waals surface area contributed by atoms with Gasteiger partial charge in [-0.3, -0.25) is 9.62 Å². The molecule has 2 aromatic carbocycles. The standard InChI is InChI=1S/C18H19FN4O6S/c1-20-17(24)21-9-13-10-23(30(27,28)14-5-2-11(19)3-6-14)15-8-12(22-18(25)26)4-7-16(15)29-13/h2-8,13,22H,9-10H2,1H3,(H,25,26)(H2,20,21,24). The SMILES string of the molecule is CNC(=O)NCC1CN(S(=O)(=O)c2ccc(F)cc2)c2cc(NC(=O)O)ccc2O1. The Balaban J connectivity index is 2.00. The second kappa shape index (κ2) is 8.45. The quantitative estimate of drug-likeness (QED) is 0.562.